The van der Waals surface area contributed by atoms with Crippen molar-refractivity contribution in [3.8, 4) is 0 Å². The van der Waals surface area contributed by atoms with Gasteiger partial charge in [0.25, 0.3) is 0 Å². The van der Waals surface area contributed by atoms with E-state index in [-0.39, 0.29) is 0 Å². The van der Waals surface area contributed by atoms with E-state index in [9.17, 15) is 0 Å². The van der Waals surface area contributed by atoms with E-state index >= 15 is 0 Å². The first kappa shape index (κ1) is 9.46. The second kappa shape index (κ2) is 3.67. The van der Waals surface area contributed by atoms with Gasteiger partial charge in [0.15, 0.2) is 0 Å². The predicted octanol–water partition coefficient (Wildman–Crippen LogP) is 2.06. The third kappa shape index (κ3) is 1.95. The van der Waals surface area contributed by atoms with E-state index in [1.54, 1.807) is 0 Å². The van der Waals surface area contributed by atoms with Crippen molar-refractivity contribution >= 4 is 17.6 Å². The highest BCUT2D eigenvalue weighted by Gasteiger charge is 2.46. The number of nitrogens with one attached hydrogen (secondary N) is 1. The lowest BCUT2D eigenvalue weighted by Gasteiger charge is -2.10. The number of rotatable bonds is 4. The molecule has 0 aromatic carbocycles. The standard InChI is InChI=1S/C10H14ClN3O/c11-2-1-9-13-14-10(15-9)12-8-4-6-3-7(6)5-8/h6-8H,1-5H2,(H,12,14). The smallest absolute Gasteiger partial charge is 0.315 e. The van der Waals surface area contributed by atoms with E-state index in [1.807, 2.05) is 0 Å². The van der Waals surface area contributed by atoms with Crippen molar-refractivity contribution in [3.63, 3.8) is 0 Å². The SMILES string of the molecule is ClCCc1nnc(NC2CC3CC3C2)o1. The van der Waals surface area contributed by atoms with Gasteiger partial charge < -0.3 is 9.73 Å². The summed E-state index contributed by atoms with van der Waals surface area (Å²) in [5.41, 5.74) is 0. The number of fused-ring (bicyclic) bond motifs is 1. The first-order valence-electron chi connectivity index (χ1n) is 5.50. The van der Waals surface area contributed by atoms with Crippen LogP contribution in [-0.2, 0) is 6.42 Å². The number of halogens is 1. The Hall–Kier alpha value is -0.770. The van der Waals surface area contributed by atoms with Crippen molar-refractivity contribution in [1.29, 1.82) is 0 Å². The molecule has 1 aromatic heterocycles. The Labute approximate surface area is 93.4 Å². The number of hydrogen-bond acceptors (Lipinski definition) is 4. The summed E-state index contributed by atoms with van der Waals surface area (Å²) < 4.78 is 5.42. The first-order chi connectivity index (χ1) is 7.35. The van der Waals surface area contributed by atoms with Crippen LogP contribution in [0.3, 0.4) is 0 Å². The molecule has 0 aliphatic heterocycles. The number of aryl methyl sites for hydroxylation is 1. The van der Waals surface area contributed by atoms with Crippen LogP contribution in [0.25, 0.3) is 0 Å². The van der Waals surface area contributed by atoms with Crippen LogP contribution < -0.4 is 5.32 Å². The molecular formula is C10H14ClN3O. The van der Waals surface area contributed by atoms with Crippen LogP contribution in [0.4, 0.5) is 6.01 Å². The van der Waals surface area contributed by atoms with Crippen molar-refractivity contribution in [3.05, 3.63) is 5.89 Å². The molecule has 0 amide bonds. The summed E-state index contributed by atoms with van der Waals surface area (Å²) in [5, 5.41) is 11.2. The number of hydrogen-bond donors (Lipinski definition) is 1. The van der Waals surface area contributed by atoms with Crippen molar-refractivity contribution < 1.29 is 4.42 Å². The maximum atomic E-state index is 5.59. The largest absolute Gasteiger partial charge is 0.408 e. The van der Waals surface area contributed by atoms with Gasteiger partial charge in [0.2, 0.25) is 5.89 Å². The Morgan fingerprint density at radius 3 is 2.80 bits per heavy atom. The van der Waals surface area contributed by atoms with Crippen LogP contribution in [0.2, 0.25) is 0 Å². The van der Waals surface area contributed by atoms with Crippen LogP contribution >= 0.6 is 11.6 Å². The summed E-state index contributed by atoms with van der Waals surface area (Å²) in [7, 11) is 0. The molecule has 2 fully saturated rings. The molecule has 1 aromatic rings. The van der Waals surface area contributed by atoms with Gasteiger partial charge in [0, 0.05) is 18.3 Å². The maximum Gasteiger partial charge on any atom is 0.315 e. The molecule has 2 atom stereocenters. The van der Waals surface area contributed by atoms with Crippen molar-refractivity contribution in [2.24, 2.45) is 11.8 Å². The van der Waals surface area contributed by atoms with Crippen molar-refractivity contribution in [1.82, 2.24) is 10.2 Å². The number of nitrogens with zero attached hydrogens (tertiary/aromatic N) is 2. The minimum absolute atomic E-state index is 0.523. The molecule has 0 radical (unpaired) electrons. The molecule has 1 heterocycles. The first-order valence-corrected chi connectivity index (χ1v) is 6.03. The molecule has 15 heavy (non-hydrogen) atoms. The summed E-state index contributed by atoms with van der Waals surface area (Å²) in [4.78, 5) is 0. The monoisotopic (exact) mass is 227 g/mol. The lowest BCUT2D eigenvalue weighted by molar-refractivity contribution is 0.500. The highest BCUT2D eigenvalue weighted by atomic mass is 35.5. The number of alkyl halides is 1. The minimum atomic E-state index is 0.523. The van der Waals surface area contributed by atoms with Gasteiger partial charge >= 0.3 is 6.01 Å². The second-order valence-corrected chi connectivity index (χ2v) is 4.89. The third-order valence-corrected chi connectivity index (χ3v) is 3.54. The fourth-order valence-corrected chi connectivity index (χ4v) is 2.66. The fraction of sp³-hybridized carbons (Fsp3) is 0.800. The van der Waals surface area contributed by atoms with Gasteiger partial charge in [0.05, 0.1) is 0 Å². The van der Waals surface area contributed by atoms with Crippen LogP contribution in [0.15, 0.2) is 4.42 Å². The number of anilines is 1. The molecule has 2 unspecified atom stereocenters. The Bertz CT molecular complexity index is 344. The summed E-state index contributed by atoms with van der Waals surface area (Å²) >= 11 is 5.59. The Kier molecular flexibility index (Phi) is 2.31. The molecule has 2 aliphatic rings. The molecular weight excluding hydrogens is 214 g/mol. The van der Waals surface area contributed by atoms with Crippen LogP contribution in [0, 0.1) is 11.8 Å². The Morgan fingerprint density at radius 2 is 2.07 bits per heavy atom. The third-order valence-electron chi connectivity index (χ3n) is 3.35. The van der Waals surface area contributed by atoms with E-state index in [1.165, 1.54) is 19.3 Å². The molecule has 82 valence electrons. The topological polar surface area (TPSA) is 51.0 Å². The number of aromatic nitrogens is 2. The minimum Gasteiger partial charge on any atom is -0.408 e. The molecule has 4 nitrogen and oxygen atoms in total. The molecule has 1 N–H and O–H groups in total. The zero-order chi connectivity index (χ0) is 10.3. The predicted molar refractivity (Wildman–Crippen MR) is 57.0 cm³/mol. The normalized spacial score (nSPS) is 32.7. The Balaban J connectivity index is 1.57. The average Bonchev–Trinajstić information content (AvgIpc) is 2.64. The lowest BCUT2D eigenvalue weighted by Crippen LogP contribution is -2.17. The molecule has 0 spiro atoms. The van der Waals surface area contributed by atoms with Gasteiger partial charge in [0.1, 0.15) is 0 Å². The summed E-state index contributed by atoms with van der Waals surface area (Å²) in [6.07, 6.45) is 4.60. The van der Waals surface area contributed by atoms with E-state index in [0.717, 1.165) is 11.8 Å². The molecule has 2 saturated carbocycles. The zero-order valence-corrected chi connectivity index (χ0v) is 9.20. The average molecular weight is 228 g/mol. The summed E-state index contributed by atoms with van der Waals surface area (Å²) in [5.74, 6) is 3.07. The van der Waals surface area contributed by atoms with E-state index in [4.69, 9.17) is 16.0 Å². The van der Waals surface area contributed by atoms with E-state index in [0.29, 0.717) is 30.2 Å². The van der Waals surface area contributed by atoms with Gasteiger partial charge in [-0.25, -0.2) is 0 Å². The summed E-state index contributed by atoms with van der Waals surface area (Å²) in [6, 6.07) is 1.10. The molecule has 2 aliphatic carbocycles. The van der Waals surface area contributed by atoms with Crippen LogP contribution in [0.5, 0.6) is 0 Å². The van der Waals surface area contributed by atoms with Gasteiger partial charge in [-0.15, -0.1) is 16.7 Å². The second-order valence-electron chi connectivity index (χ2n) is 4.51. The van der Waals surface area contributed by atoms with Gasteiger partial charge in [-0.05, 0) is 31.1 Å². The zero-order valence-electron chi connectivity index (χ0n) is 8.45. The molecule has 3 rings (SSSR count). The molecule has 5 heteroatoms. The van der Waals surface area contributed by atoms with E-state index < -0.39 is 0 Å². The highest BCUT2D eigenvalue weighted by Crippen LogP contribution is 2.52. The molecule has 0 bridgehead atoms. The van der Waals surface area contributed by atoms with Gasteiger partial charge in [-0.2, -0.15) is 0 Å². The van der Waals surface area contributed by atoms with Crippen molar-refractivity contribution in [2.75, 3.05) is 11.2 Å². The van der Waals surface area contributed by atoms with Gasteiger partial charge in [-0.3, -0.25) is 0 Å². The maximum absolute atomic E-state index is 5.59. The van der Waals surface area contributed by atoms with Crippen LogP contribution in [-0.4, -0.2) is 22.1 Å². The van der Waals surface area contributed by atoms with Crippen LogP contribution in [0.1, 0.15) is 25.2 Å². The highest BCUT2D eigenvalue weighted by molar-refractivity contribution is 6.17. The van der Waals surface area contributed by atoms with Gasteiger partial charge in [-0.1, -0.05) is 5.10 Å². The Morgan fingerprint density at radius 1 is 1.27 bits per heavy atom. The quantitative estimate of drug-likeness (QED) is 0.800. The summed E-state index contributed by atoms with van der Waals surface area (Å²) in [6.45, 7) is 0. The van der Waals surface area contributed by atoms with Crippen molar-refractivity contribution in [2.45, 2.75) is 31.7 Å². The fourth-order valence-electron chi connectivity index (χ4n) is 2.50. The lowest BCUT2D eigenvalue weighted by atomic mass is 10.2. The van der Waals surface area contributed by atoms with E-state index in [2.05, 4.69) is 15.5 Å². The molecule has 0 saturated heterocycles.